The van der Waals surface area contributed by atoms with E-state index in [2.05, 4.69) is 0 Å². The Bertz CT molecular complexity index is 554. The van der Waals surface area contributed by atoms with Crippen LogP contribution in [-0.4, -0.2) is 35.4 Å². The smallest absolute Gasteiger partial charge is 0.276 e. The van der Waals surface area contributed by atoms with Crippen LogP contribution in [0.15, 0.2) is 30.3 Å². The average Bonchev–Trinajstić information content (AvgIpc) is 2.63. The normalized spacial score (nSPS) is 16.3. The van der Waals surface area contributed by atoms with Gasteiger partial charge in [-0.1, -0.05) is 18.2 Å². The Kier molecular flexibility index (Phi) is 4.47. The fraction of sp³-hybridized carbons (Fsp3) is 0.357. The van der Waals surface area contributed by atoms with E-state index < -0.39 is 0 Å². The molecule has 6 nitrogen and oxygen atoms in total. The summed E-state index contributed by atoms with van der Waals surface area (Å²) >= 11 is 0. The number of allylic oxidation sites excluding steroid dienone is 1. The molecule has 2 rings (SSSR count). The number of primary amides is 1. The van der Waals surface area contributed by atoms with E-state index >= 15 is 0 Å². The van der Waals surface area contributed by atoms with Gasteiger partial charge in [0.1, 0.15) is 0 Å². The molecular formula is C14H17N3O3. The number of carbonyl (C=O) groups excluding carboxylic acids is 1. The Balaban J connectivity index is 2.22. The lowest BCUT2D eigenvalue weighted by molar-refractivity contribution is -0.385. The van der Waals surface area contributed by atoms with Crippen LogP contribution in [0.25, 0.3) is 5.57 Å². The Morgan fingerprint density at radius 2 is 2.15 bits per heavy atom. The predicted molar refractivity (Wildman–Crippen MR) is 75.9 cm³/mol. The summed E-state index contributed by atoms with van der Waals surface area (Å²) in [5.74, 6) is -0.354. The molecule has 106 valence electrons. The number of nitro benzene ring substituents is 1. The molecule has 1 aromatic rings. The number of hydrogen-bond acceptors (Lipinski definition) is 4. The highest BCUT2D eigenvalue weighted by molar-refractivity contribution is 5.76. The molecule has 0 bridgehead atoms. The molecule has 0 saturated carbocycles. The van der Waals surface area contributed by atoms with Gasteiger partial charge in [0.05, 0.1) is 17.0 Å². The van der Waals surface area contributed by atoms with E-state index in [0.717, 1.165) is 25.0 Å². The van der Waals surface area contributed by atoms with Crippen LogP contribution in [0, 0.1) is 10.1 Å². The van der Waals surface area contributed by atoms with Crippen molar-refractivity contribution in [1.82, 2.24) is 4.90 Å². The van der Waals surface area contributed by atoms with E-state index in [1.54, 1.807) is 18.2 Å². The van der Waals surface area contributed by atoms with Crippen molar-refractivity contribution in [2.75, 3.05) is 19.6 Å². The van der Waals surface area contributed by atoms with Gasteiger partial charge in [0, 0.05) is 12.6 Å². The van der Waals surface area contributed by atoms with Gasteiger partial charge in [-0.15, -0.1) is 0 Å². The highest BCUT2D eigenvalue weighted by Gasteiger charge is 2.18. The summed E-state index contributed by atoms with van der Waals surface area (Å²) in [5.41, 5.74) is 6.95. The Hall–Kier alpha value is -2.21. The predicted octanol–water partition coefficient (Wildman–Crippen LogP) is 1.56. The van der Waals surface area contributed by atoms with Crippen molar-refractivity contribution in [2.24, 2.45) is 5.73 Å². The largest absolute Gasteiger partial charge is 0.369 e. The molecule has 0 spiro atoms. The minimum atomic E-state index is -0.359. The third kappa shape index (κ3) is 3.42. The quantitative estimate of drug-likeness (QED) is 0.667. The van der Waals surface area contributed by atoms with E-state index in [1.165, 1.54) is 6.07 Å². The topological polar surface area (TPSA) is 89.5 Å². The van der Waals surface area contributed by atoms with Crippen LogP contribution in [0.5, 0.6) is 0 Å². The van der Waals surface area contributed by atoms with Gasteiger partial charge >= 0.3 is 0 Å². The van der Waals surface area contributed by atoms with E-state index in [-0.39, 0.29) is 23.1 Å². The van der Waals surface area contributed by atoms with Gasteiger partial charge < -0.3 is 5.73 Å². The number of nitro groups is 1. The zero-order valence-electron chi connectivity index (χ0n) is 11.1. The van der Waals surface area contributed by atoms with Crippen molar-refractivity contribution < 1.29 is 9.72 Å². The highest BCUT2D eigenvalue weighted by Crippen LogP contribution is 2.29. The minimum absolute atomic E-state index is 0.127. The second kappa shape index (κ2) is 6.29. The number of nitrogens with two attached hydrogens (primary N) is 1. The molecule has 1 aliphatic rings. The molecule has 20 heavy (non-hydrogen) atoms. The SMILES string of the molecule is NC(=O)CN1CC=C(c2ccccc2[N+](=O)[O-])CCC1. The zero-order chi connectivity index (χ0) is 14.5. The van der Waals surface area contributed by atoms with Crippen molar-refractivity contribution in [3.8, 4) is 0 Å². The highest BCUT2D eigenvalue weighted by atomic mass is 16.6. The molecule has 0 radical (unpaired) electrons. The summed E-state index contributed by atoms with van der Waals surface area (Å²) in [6, 6.07) is 6.75. The molecule has 6 heteroatoms. The van der Waals surface area contributed by atoms with Crippen molar-refractivity contribution in [3.05, 3.63) is 46.0 Å². The maximum absolute atomic E-state index is 11.1. The summed E-state index contributed by atoms with van der Waals surface area (Å²) in [4.78, 5) is 23.6. The molecule has 0 fully saturated rings. The first-order valence-corrected chi connectivity index (χ1v) is 6.51. The van der Waals surface area contributed by atoms with Gasteiger partial charge in [0.2, 0.25) is 5.91 Å². The number of para-hydroxylation sites is 1. The second-order valence-electron chi connectivity index (χ2n) is 4.81. The van der Waals surface area contributed by atoms with Gasteiger partial charge in [-0.3, -0.25) is 19.8 Å². The molecule has 0 atom stereocenters. The van der Waals surface area contributed by atoms with Crippen LogP contribution in [0.3, 0.4) is 0 Å². The van der Waals surface area contributed by atoms with Crippen molar-refractivity contribution in [2.45, 2.75) is 12.8 Å². The summed E-state index contributed by atoms with van der Waals surface area (Å²) in [5, 5.41) is 11.1. The lowest BCUT2D eigenvalue weighted by Gasteiger charge is -2.15. The first-order valence-electron chi connectivity index (χ1n) is 6.51. The number of rotatable bonds is 4. The Labute approximate surface area is 117 Å². The molecule has 1 aromatic carbocycles. The van der Waals surface area contributed by atoms with E-state index in [4.69, 9.17) is 5.73 Å². The molecule has 1 aliphatic heterocycles. The first-order chi connectivity index (χ1) is 9.58. The van der Waals surface area contributed by atoms with Crippen molar-refractivity contribution in [3.63, 3.8) is 0 Å². The van der Waals surface area contributed by atoms with Crippen LogP contribution in [0.1, 0.15) is 18.4 Å². The van der Waals surface area contributed by atoms with Crippen LogP contribution < -0.4 is 5.73 Å². The molecule has 0 saturated heterocycles. The lowest BCUT2D eigenvalue weighted by atomic mass is 10.00. The zero-order valence-corrected chi connectivity index (χ0v) is 11.1. The van der Waals surface area contributed by atoms with Gasteiger partial charge in [0.25, 0.3) is 5.69 Å². The van der Waals surface area contributed by atoms with Crippen LogP contribution in [-0.2, 0) is 4.79 Å². The van der Waals surface area contributed by atoms with Crippen molar-refractivity contribution >= 4 is 17.2 Å². The molecule has 1 amide bonds. The van der Waals surface area contributed by atoms with Crippen LogP contribution in [0.4, 0.5) is 5.69 Å². The second-order valence-corrected chi connectivity index (χ2v) is 4.81. The number of benzene rings is 1. The van der Waals surface area contributed by atoms with Gasteiger partial charge in [-0.2, -0.15) is 0 Å². The third-order valence-electron chi connectivity index (χ3n) is 3.34. The summed E-state index contributed by atoms with van der Waals surface area (Å²) < 4.78 is 0. The maximum atomic E-state index is 11.1. The molecule has 0 aromatic heterocycles. The monoisotopic (exact) mass is 275 g/mol. The van der Waals surface area contributed by atoms with Gasteiger partial charge in [0.15, 0.2) is 0 Å². The van der Waals surface area contributed by atoms with Crippen molar-refractivity contribution in [1.29, 1.82) is 0 Å². The molecular weight excluding hydrogens is 258 g/mol. The Morgan fingerprint density at radius 1 is 1.40 bits per heavy atom. The number of hydrogen-bond donors (Lipinski definition) is 1. The summed E-state index contributed by atoms with van der Waals surface area (Å²) in [7, 11) is 0. The van der Waals surface area contributed by atoms with Crippen LogP contribution >= 0.6 is 0 Å². The third-order valence-corrected chi connectivity index (χ3v) is 3.34. The number of carbonyl (C=O) groups is 1. The van der Waals surface area contributed by atoms with Gasteiger partial charge in [-0.05, 0) is 31.0 Å². The molecule has 0 aliphatic carbocycles. The average molecular weight is 275 g/mol. The van der Waals surface area contributed by atoms with Crippen LogP contribution in [0.2, 0.25) is 0 Å². The van der Waals surface area contributed by atoms with E-state index in [9.17, 15) is 14.9 Å². The fourth-order valence-electron chi connectivity index (χ4n) is 2.44. The summed E-state index contributed by atoms with van der Waals surface area (Å²) in [6.45, 7) is 1.58. The maximum Gasteiger partial charge on any atom is 0.276 e. The van der Waals surface area contributed by atoms with E-state index in [1.807, 2.05) is 11.0 Å². The van der Waals surface area contributed by atoms with E-state index in [0.29, 0.717) is 12.1 Å². The van der Waals surface area contributed by atoms with Gasteiger partial charge in [-0.25, -0.2) is 0 Å². The fourth-order valence-corrected chi connectivity index (χ4v) is 2.44. The summed E-state index contributed by atoms with van der Waals surface area (Å²) in [6.07, 6.45) is 3.57. The molecule has 2 N–H and O–H groups in total. The lowest BCUT2D eigenvalue weighted by Crippen LogP contribution is -2.34. The first kappa shape index (κ1) is 14.2. The standard InChI is InChI=1S/C14H17N3O3/c15-14(18)10-16-8-3-4-11(7-9-16)12-5-1-2-6-13(12)17(19)20/h1-2,5-7H,3-4,8-10H2,(H2,15,18). The number of nitrogens with zero attached hydrogens (tertiary/aromatic N) is 2. The Morgan fingerprint density at radius 3 is 2.85 bits per heavy atom. The number of amides is 1. The minimum Gasteiger partial charge on any atom is -0.369 e. The molecule has 1 heterocycles. The molecule has 0 unspecified atom stereocenters.